The van der Waals surface area contributed by atoms with Gasteiger partial charge < -0.3 is 4.57 Å². The number of nitro groups is 1. The highest BCUT2D eigenvalue weighted by molar-refractivity contribution is 5.87. The summed E-state index contributed by atoms with van der Waals surface area (Å²) in [6, 6.07) is 5.89. The fraction of sp³-hybridized carbons (Fsp3) is 0.100. The topological polar surface area (TPSA) is 65.1 Å². The molecule has 15 heavy (non-hydrogen) atoms. The van der Waals surface area contributed by atoms with Crippen LogP contribution in [0.3, 0.4) is 0 Å². The number of aromatic nitrogens is 1. The van der Waals surface area contributed by atoms with Crippen molar-refractivity contribution in [1.82, 2.24) is 4.57 Å². The summed E-state index contributed by atoms with van der Waals surface area (Å²) in [6.07, 6.45) is 1.53. The summed E-state index contributed by atoms with van der Waals surface area (Å²) in [4.78, 5) is 21.8. The summed E-state index contributed by atoms with van der Waals surface area (Å²) < 4.78 is 1.58. The van der Waals surface area contributed by atoms with Gasteiger partial charge in [-0.15, -0.1) is 0 Å². The fourth-order valence-corrected chi connectivity index (χ4v) is 1.59. The Balaban J connectivity index is 3.03. The molecule has 0 amide bonds. The van der Waals surface area contributed by atoms with E-state index in [-0.39, 0.29) is 11.1 Å². The molecule has 1 aromatic heterocycles. The second-order valence-corrected chi connectivity index (χ2v) is 3.22. The number of hydrogen-bond acceptors (Lipinski definition) is 3. The number of fused-ring (bicyclic) bond motifs is 1. The van der Waals surface area contributed by atoms with Crippen molar-refractivity contribution in [2.24, 2.45) is 7.05 Å². The molecule has 76 valence electrons. The molecule has 0 saturated carbocycles. The van der Waals surface area contributed by atoms with Crippen molar-refractivity contribution >= 4 is 16.6 Å². The number of nitrogens with zero attached hydrogens (tertiary/aromatic N) is 2. The molecule has 0 aliphatic rings. The smallest absolute Gasteiger partial charge is 0.293 e. The highest BCUT2D eigenvalue weighted by Gasteiger charge is 2.14. The molecule has 0 saturated heterocycles. The largest absolute Gasteiger partial charge is 0.345 e. The van der Waals surface area contributed by atoms with Gasteiger partial charge in [-0.05, 0) is 6.07 Å². The van der Waals surface area contributed by atoms with E-state index in [4.69, 9.17) is 0 Å². The lowest BCUT2D eigenvalue weighted by Crippen LogP contribution is -2.06. The lowest BCUT2D eigenvalue weighted by molar-refractivity contribution is -0.383. The average Bonchev–Trinajstić information content (AvgIpc) is 2.23. The standard InChI is InChI=1S/C10H8N2O3/c1-11-6-5-9(13)7-3-2-4-8(10(7)11)12(14)15/h2-6H,1H3. The van der Waals surface area contributed by atoms with Crippen LogP contribution in [0.15, 0.2) is 35.3 Å². The van der Waals surface area contributed by atoms with Gasteiger partial charge in [0.05, 0.1) is 10.3 Å². The third kappa shape index (κ3) is 1.38. The maximum absolute atomic E-state index is 11.5. The molecule has 1 heterocycles. The molecular formula is C10H8N2O3. The van der Waals surface area contributed by atoms with Crippen LogP contribution in [0.25, 0.3) is 10.9 Å². The number of benzene rings is 1. The lowest BCUT2D eigenvalue weighted by atomic mass is 10.2. The van der Waals surface area contributed by atoms with Gasteiger partial charge in [0.1, 0.15) is 5.52 Å². The van der Waals surface area contributed by atoms with Gasteiger partial charge in [0.2, 0.25) is 0 Å². The summed E-state index contributed by atoms with van der Waals surface area (Å²) in [6.45, 7) is 0. The molecule has 0 bridgehead atoms. The Labute approximate surface area is 84.7 Å². The Morgan fingerprint density at radius 2 is 2.07 bits per heavy atom. The minimum Gasteiger partial charge on any atom is -0.345 e. The Bertz CT molecular complexity index is 601. The Kier molecular flexibility index (Phi) is 2.00. The van der Waals surface area contributed by atoms with Crippen LogP contribution in [-0.4, -0.2) is 9.49 Å². The Morgan fingerprint density at radius 3 is 2.73 bits per heavy atom. The predicted molar refractivity (Wildman–Crippen MR) is 55.8 cm³/mol. The van der Waals surface area contributed by atoms with Crippen molar-refractivity contribution in [2.75, 3.05) is 0 Å². The number of hydrogen-bond donors (Lipinski definition) is 0. The lowest BCUT2D eigenvalue weighted by Gasteiger charge is -2.04. The van der Waals surface area contributed by atoms with E-state index < -0.39 is 4.92 Å². The van der Waals surface area contributed by atoms with E-state index in [0.717, 1.165) is 0 Å². The van der Waals surface area contributed by atoms with Crippen LogP contribution in [0.1, 0.15) is 0 Å². The number of aryl methyl sites for hydroxylation is 1. The Morgan fingerprint density at radius 1 is 1.33 bits per heavy atom. The monoisotopic (exact) mass is 204 g/mol. The van der Waals surface area contributed by atoms with Crippen molar-refractivity contribution in [1.29, 1.82) is 0 Å². The van der Waals surface area contributed by atoms with Crippen LogP contribution in [0.4, 0.5) is 5.69 Å². The first kappa shape index (κ1) is 9.39. The molecule has 0 spiro atoms. The zero-order valence-corrected chi connectivity index (χ0v) is 8.01. The SMILES string of the molecule is Cn1ccc(=O)c2cccc([N+](=O)[O-])c21. The highest BCUT2D eigenvalue weighted by Crippen LogP contribution is 2.21. The maximum atomic E-state index is 11.5. The summed E-state index contributed by atoms with van der Waals surface area (Å²) >= 11 is 0. The van der Waals surface area contributed by atoms with Crippen molar-refractivity contribution in [3.63, 3.8) is 0 Å². The zero-order chi connectivity index (χ0) is 11.0. The minimum absolute atomic E-state index is 0.0484. The first-order valence-electron chi connectivity index (χ1n) is 4.34. The number of non-ortho nitro benzene ring substituents is 1. The molecule has 5 nitrogen and oxygen atoms in total. The molecule has 0 aliphatic carbocycles. The number of para-hydroxylation sites is 1. The minimum atomic E-state index is -0.484. The zero-order valence-electron chi connectivity index (χ0n) is 8.01. The van der Waals surface area contributed by atoms with Gasteiger partial charge in [0.25, 0.3) is 5.69 Å². The molecule has 2 aromatic rings. The number of pyridine rings is 1. The van der Waals surface area contributed by atoms with Crippen LogP contribution in [-0.2, 0) is 7.05 Å². The second kappa shape index (κ2) is 3.20. The molecule has 0 fully saturated rings. The number of nitro benzene ring substituents is 1. The summed E-state index contributed by atoms with van der Waals surface area (Å²) in [5.41, 5.74) is 0.106. The van der Waals surface area contributed by atoms with Gasteiger partial charge in [-0.2, -0.15) is 0 Å². The Hall–Kier alpha value is -2.17. The van der Waals surface area contributed by atoms with Gasteiger partial charge >= 0.3 is 0 Å². The first-order valence-corrected chi connectivity index (χ1v) is 4.34. The molecule has 5 heteroatoms. The highest BCUT2D eigenvalue weighted by atomic mass is 16.6. The molecular weight excluding hydrogens is 196 g/mol. The predicted octanol–water partition coefficient (Wildman–Crippen LogP) is 1.45. The van der Waals surface area contributed by atoms with E-state index in [9.17, 15) is 14.9 Å². The van der Waals surface area contributed by atoms with E-state index in [1.165, 1.54) is 24.4 Å². The summed E-state index contributed by atoms with van der Waals surface area (Å²) in [7, 11) is 1.68. The van der Waals surface area contributed by atoms with E-state index in [1.807, 2.05) is 0 Å². The third-order valence-electron chi connectivity index (χ3n) is 2.28. The van der Waals surface area contributed by atoms with Gasteiger partial charge in [-0.25, -0.2) is 0 Å². The van der Waals surface area contributed by atoms with Crippen molar-refractivity contribution in [3.05, 3.63) is 50.8 Å². The molecule has 0 radical (unpaired) electrons. The van der Waals surface area contributed by atoms with Crippen LogP contribution >= 0.6 is 0 Å². The molecule has 0 unspecified atom stereocenters. The van der Waals surface area contributed by atoms with E-state index in [1.54, 1.807) is 17.7 Å². The van der Waals surface area contributed by atoms with Crippen LogP contribution in [0.5, 0.6) is 0 Å². The number of rotatable bonds is 1. The summed E-state index contributed by atoms with van der Waals surface area (Å²) in [5.74, 6) is 0. The van der Waals surface area contributed by atoms with Crippen molar-refractivity contribution < 1.29 is 4.92 Å². The summed E-state index contributed by atoms with van der Waals surface area (Å²) in [5, 5.41) is 11.1. The van der Waals surface area contributed by atoms with Gasteiger partial charge in [-0.1, -0.05) is 6.07 Å². The van der Waals surface area contributed by atoms with E-state index >= 15 is 0 Å². The van der Waals surface area contributed by atoms with E-state index in [2.05, 4.69) is 0 Å². The quantitative estimate of drug-likeness (QED) is 0.521. The second-order valence-electron chi connectivity index (χ2n) is 3.22. The van der Waals surface area contributed by atoms with Gasteiger partial charge in [0, 0.05) is 25.4 Å². The third-order valence-corrected chi connectivity index (χ3v) is 2.28. The van der Waals surface area contributed by atoms with Crippen molar-refractivity contribution in [3.8, 4) is 0 Å². The molecule has 1 aromatic carbocycles. The molecule has 2 rings (SSSR count). The van der Waals surface area contributed by atoms with Crippen LogP contribution < -0.4 is 5.43 Å². The molecule has 0 aliphatic heterocycles. The molecule has 0 N–H and O–H groups in total. The maximum Gasteiger partial charge on any atom is 0.293 e. The van der Waals surface area contributed by atoms with Crippen LogP contribution in [0, 0.1) is 10.1 Å². The van der Waals surface area contributed by atoms with Gasteiger partial charge in [-0.3, -0.25) is 14.9 Å². The van der Waals surface area contributed by atoms with Crippen LogP contribution in [0.2, 0.25) is 0 Å². The average molecular weight is 204 g/mol. The van der Waals surface area contributed by atoms with Crippen molar-refractivity contribution in [2.45, 2.75) is 0 Å². The fourth-order valence-electron chi connectivity index (χ4n) is 1.59. The van der Waals surface area contributed by atoms with E-state index in [0.29, 0.717) is 10.9 Å². The van der Waals surface area contributed by atoms with Gasteiger partial charge in [0.15, 0.2) is 5.43 Å². The first-order chi connectivity index (χ1) is 7.11. The normalized spacial score (nSPS) is 10.5. The molecule has 0 atom stereocenters.